The molecule has 0 saturated carbocycles. The Labute approximate surface area is 112 Å². The third-order valence-corrected chi connectivity index (χ3v) is 3.09. The van der Waals surface area contributed by atoms with E-state index in [4.69, 9.17) is 4.74 Å². The van der Waals surface area contributed by atoms with Gasteiger partial charge in [0.2, 0.25) is 5.91 Å². The molecule has 1 aliphatic heterocycles. The lowest BCUT2D eigenvalue weighted by molar-refractivity contribution is -0.121. The summed E-state index contributed by atoms with van der Waals surface area (Å²) < 4.78 is 5.37. The Kier molecular flexibility index (Phi) is 4.04. The highest BCUT2D eigenvalue weighted by Crippen LogP contribution is 2.37. The second kappa shape index (κ2) is 5.73. The number of carbonyl (C=O) groups is 2. The number of hydrogen-bond acceptors (Lipinski definition) is 3. The van der Waals surface area contributed by atoms with Gasteiger partial charge in [-0.2, -0.15) is 0 Å². The number of hydrogen-bond donors (Lipinski definition) is 1. The van der Waals surface area contributed by atoms with Gasteiger partial charge in [0.25, 0.3) is 5.91 Å². The van der Waals surface area contributed by atoms with Gasteiger partial charge in [0, 0.05) is 13.5 Å². The zero-order chi connectivity index (χ0) is 13.8. The summed E-state index contributed by atoms with van der Waals surface area (Å²) in [6, 6.07) is 5.37. The molecule has 1 heterocycles. The molecule has 1 aliphatic rings. The Morgan fingerprint density at radius 2 is 2.26 bits per heavy atom. The second-order valence-electron chi connectivity index (χ2n) is 4.55. The first-order chi connectivity index (χ1) is 9.13. The fraction of sp³-hybridized carbons (Fsp3) is 0.429. The molecule has 19 heavy (non-hydrogen) atoms. The van der Waals surface area contributed by atoms with Crippen molar-refractivity contribution in [3.05, 3.63) is 18.2 Å². The maximum absolute atomic E-state index is 11.8. The van der Waals surface area contributed by atoms with Crippen LogP contribution in [0.25, 0.3) is 0 Å². The second-order valence-corrected chi connectivity index (χ2v) is 4.55. The van der Waals surface area contributed by atoms with E-state index in [9.17, 15) is 9.59 Å². The van der Waals surface area contributed by atoms with E-state index in [2.05, 4.69) is 5.32 Å². The Morgan fingerprint density at radius 3 is 3.00 bits per heavy atom. The first-order valence-corrected chi connectivity index (χ1v) is 6.45. The van der Waals surface area contributed by atoms with Gasteiger partial charge in [-0.05, 0) is 18.6 Å². The predicted molar refractivity (Wildman–Crippen MR) is 73.5 cm³/mol. The van der Waals surface area contributed by atoms with Gasteiger partial charge < -0.3 is 15.0 Å². The third kappa shape index (κ3) is 2.86. The average molecular weight is 262 g/mol. The van der Waals surface area contributed by atoms with Crippen LogP contribution in [0.2, 0.25) is 0 Å². The van der Waals surface area contributed by atoms with Crippen LogP contribution in [0, 0.1) is 0 Å². The van der Waals surface area contributed by atoms with E-state index in [1.54, 1.807) is 25.2 Å². The molecule has 0 aliphatic carbocycles. The van der Waals surface area contributed by atoms with Crippen molar-refractivity contribution in [2.45, 2.75) is 26.2 Å². The summed E-state index contributed by atoms with van der Waals surface area (Å²) in [5.41, 5.74) is 1.25. The van der Waals surface area contributed by atoms with E-state index in [0.717, 1.165) is 12.8 Å². The molecular weight excluding hydrogens is 244 g/mol. The number of anilines is 2. The molecule has 0 fully saturated rings. The van der Waals surface area contributed by atoms with Crippen LogP contribution >= 0.6 is 0 Å². The summed E-state index contributed by atoms with van der Waals surface area (Å²) in [5, 5.41) is 2.84. The number of likely N-dealkylation sites (N-methyl/N-ethyl adjacent to an activating group) is 1. The van der Waals surface area contributed by atoms with Crippen molar-refractivity contribution >= 4 is 23.2 Å². The van der Waals surface area contributed by atoms with Crippen LogP contribution in [0.4, 0.5) is 11.4 Å². The lowest BCUT2D eigenvalue weighted by Gasteiger charge is -2.28. The topological polar surface area (TPSA) is 58.6 Å². The molecule has 1 aromatic rings. The summed E-state index contributed by atoms with van der Waals surface area (Å²) in [4.78, 5) is 25.0. The van der Waals surface area contributed by atoms with Gasteiger partial charge in [-0.1, -0.05) is 19.4 Å². The zero-order valence-corrected chi connectivity index (χ0v) is 11.2. The largest absolute Gasteiger partial charge is 0.481 e. The fourth-order valence-electron chi connectivity index (χ4n) is 2.00. The van der Waals surface area contributed by atoms with Crippen LogP contribution in [0.3, 0.4) is 0 Å². The molecule has 2 amide bonds. The minimum Gasteiger partial charge on any atom is -0.481 e. The number of unbranched alkanes of at least 4 members (excludes halogenated alkanes) is 1. The van der Waals surface area contributed by atoms with Gasteiger partial charge in [0.15, 0.2) is 6.61 Å². The smallest absolute Gasteiger partial charge is 0.264 e. The van der Waals surface area contributed by atoms with Gasteiger partial charge in [-0.15, -0.1) is 0 Å². The van der Waals surface area contributed by atoms with Crippen molar-refractivity contribution < 1.29 is 14.3 Å². The number of nitrogens with one attached hydrogen (secondary N) is 1. The van der Waals surface area contributed by atoms with E-state index in [1.165, 1.54) is 4.90 Å². The molecule has 0 unspecified atom stereocenters. The molecule has 0 spiro atoms. The number of rotatable bonds is 4. The Balaban J connectivity index is 2.22. The highest BCUT2D eigenvalue weighted by Gasteiger charge is 2.25. The maximum atomic E-state index is 11.8. The number of nitrogens with zero attached hydrogens (tertiary/aromatic N) is 1. The lowest BCUT2D eigenvalue weighted by Crippen LogP contribution is -2.36. The van der Waals surface area contributed by atoms with Gasteiger partial charge >= 0.3 is 0 Å². The van der Waals surface area contributed by atoms with E-state index in [1.807, 2.05) is 6.92 Å². The number of amides is 2. The number of benzene rings is 1. The van der Waals surface area contributed by atoms with Crippen molar-refractivity contribution in [1.29, 1.82) is 0 Å². The predicted octanol–water partition coefficient (Wildman–Crippen LogP) is 2.17. The van der Waals surface area contributed by atoms with Crippen LogP contribution < -0.4 is 15.0 Å². The maximum Gasteiger partial charge on any atom is 0.264 e. The quantitative estimate of drug-likeness (QED) is 0.904. The van der Waals surface area contributed by atoms with Gasteiger partial charge in [0.05, 0.1) is 5.69 Å². The van der Waals surface area contributed by atoms with Crippen LogP contribution in [-0.4, -0.2) is 25.5 Å². The fourth-order valence-corrected chi connectivity index (χ4v) is 2.00. The van der Waals surface area contributed by atoms with Crippen molar-refractivity contribution in [3.63, 3.8) is 0 Å². The van der Waals surface area contributed by atoms with Crippen molar-refractivity contribution in [2.75, 3.05) is 23.9 Å². The molecule has 102 valence electrons. The Hall–Kier alpha value is -2.04. The van der Waals surface area contributed by atoms with Crippen molar-refractivity contribution in [2.24, 2.45) is 0 Å². The number of fused-ring (bicyclic) bond motifs is 1. The van der Waals surface area contributed by atoms with Gasteiger partial charge in [0.1, 0.15) is 11.4 Å². The van der Waals surface area contributed by atoms with Crippen LogP contribution in [0.5, 0.6) is 5.75 Å². The molecular formula is C14H18N2O3. The molecule has 5 heteroatoms. The molecule has 2 rings (SSSR count). The monoisotopic (exact) mass is 262 g/mol. The highest BCUT2D eigenvalue weighted by molar-refractivity contribution is 6.04. The van der Waals surface area contributed by atoms with Gasteiger partial charge in [-0.3, -0.25) is 9.59 Å². The third-order valence-electron chi connectivity index (χ3n) is 3.09. The minimum absolute atomic E-state index is 0.0384. The summed E-state index contributed by atoms with van der Waals surface area (Å²) in [7, 11) is 1.69. The minimum atomic E-state index is -0.122. The van der Waals surface area contributed by atoms with Crippen LogP contribution in [-0.2, 0) is 9.59 Å². The van der Waals surface area contributed by atoms with Crippen molar-refractivity contribution in [3.8, 4) is 5.75 Å². The molecule has 0 radical (unpaired) electrons. The van der Waals surface area contributed by atoms with E-state index in [0.29, 0.717) is 23.5 Å². The van der Waals surface area contributed by atoms with Crippen LogP contribution in [0.15, 0.2) is 18.2 Å². The van der Waals surface area contributed by atoms with E-state index < -0.39 is 0 Å². The highest BCUT2D eigenvalue weighted by atomic mass is 16.5. The van der Waals surface area contributed by atoms with Gasteiger partial charge in [-0.25, -0.2) is 0 Å². The van der Waals surface area contributed by atoms with Crippen molar-refractivity contribution in [1.82, 2.24) is 0 Å². The van der Waals surface area contributed by atoms with E-state index in [-0.39, 0.29) is 18.4 Å². The van der Waals surface area contributed by atoms with Crippen LogP contribution in [0.1, 0.15) is 26.2 Å². The summed E-state index contributed by atoms with van der Waals surface area (Å²) in [6.07, 6.45) is 2.31. The molecule has 1 N–H and O–H groups in total. The Bertz CT molecular complexity index is 499. The summed E-state index contributed by atoms with van der Waals surface area (Å²) in [6.45, 7) is 2.08. The molecule has 0 bridgehead atoms. The van der Waals surface area contributed by atoms with E-state index >= 15 is 0 Å². The zero-order valence-electron chi connectivity index (χ0n) is 11.2. The number of ether oxygens (including phenoxy) is 1. The standard InChI is InChI=1S/C14H18N2O3/c1-3-4-8-12(17)15-10-6-5-7-11-14(10)16(2)13(18)9-19-11/h5-7H,3-4,8-9H2,1-2H3,(H,15,17). The molecule has 0 aromatic heterocycles. The number of carbonyl (C=O) groups excluding carboxylic acids is 2. The normalized spacial score (nSPS) is 13.8. The Morgan fingerprint density at radius 1 is 1.47 bits per heavy atom. The first-order valence-electron chi connectivity index (χ1n) is 6.45. The number of para-hydroxylation sites is 1. The molecule has 1 aromatic carbocycles. The first kappa shape index (κ1) is 13.4. The molecule has 0 atom stereocenters. The average Bonchev–Trinajstić information content (AvgIpc) is 2.41. The SMILES string of the molecule is CCCCC(=O)Nc1cccc2c1N(C)C(=O)CO2. The lowest BCUT2D eigenvalue weighted by atomic mass is 10.2. The molecule has 0 saturated heterocycles. The summed E-state index contributed by atoms with van der Waals surface area (Å²) in [5.74, 6) is 0.458. The molecule has 5 nitrogen and oxygen atoms in total. The summed E-state index contributed by atoms with van der Waals surface area (Å²) >= 11 is 0.